The third kappa shape index (κ3) is 18.4. The Morgan fingerprint density at radius 1 is 0.443 bits per heavy atom. The Hall–Kier alpha value is -4.10. The molecule has 3 aromatic carbocycles. The average molecular weight is 1250 g/mol. The third-order valence-electron chi connectivity index (χ3n) is 16.2. The predicted octanol–water partition coefficient (Wildman–Crippen LogP) is 22.2. The summed E-state index contributed by atoms with van der Waals surface area (Å²) in [7, 11) is 0. The Morgan fingerprint density at radius 2 is 0.785 bits per heavy atom. The van der Waals surface area contributed by atoms with Gasteiger partial charge in [-0.2, -0.15) is 0 Å². The molecule has 0 N–H and O–H groups in total. The molecule has 11 rings (SSSR count). The van der Waals surface area contributed by atoms with Crippen molar-refractivity contribution in [2.24, 2.45) is 59.2 Å². The summed E-state index contributed by atoms with van der Waals surface area (Å²) in [6.45, 7) is 29.7. The van der Waals surface area contributed by atoms with E-state index in [4.69, 9.17) is 9.47 Å². The Kier molecular flexibility index (Phi) is 22.7. The number of aryl methyl sites for hydroxylation is 1. The van der Waals surface area contributed by atoms with Gasteiger partial charge in [0, 0.05) is 37.1 Å². The summed E-state index contributed by atoms with van der Waals surface area (Å²) < 4.78 is 15.3. The molecule has 8 unspecified atom stereocenters. The number of hydrogen-bond donors (Lipinski definition) is 0. The molecule has 0 aromatic heterocycles. The molecule has 0 saturated heterocycles. The van der Waals surface area contributed by atoms with Crippen LogP contribution in [0.1, 0.15) is 144 Å². The predicted molar refractivity (Wildman–Crippen MR) is 352 cm³/mol. The fourth-order valence-corrected chi connectivity index (χ4v) is 13.1. The number of rotatable bonds is 9. The van der Waals surface area contributed by atoms with Gasteiger partial charge in [0.2, 0.25) is 0 Å². The summed E-state index contributed by atoms with van der Waals surface area (Å²) in [5, 5.41) is 0. The smallest absolute Gasteiger partial charge is 0.0724 e. The fraction of sp³-hybridized carbons (Fsp3) is 0.432. The van der Waals surface area contributed by atoms with Gasteiger partial charge < -0.3 is 9.47 Å². The van der Waals surface area contributed by atoms with Gasteiger partial charge in [-0.25, -0.2) is 0 Å². The molecule has 8 atom stereocenters. The number of fused-ring (bicyclic) bond motifs is 4. The molecule has 0 heterocycles. The molecule has 420 valence electrons. The summed E-state index contributed by atoms with van der Waals surface area (Å²) >= 11 is 10.6. The summed E-state index contributed by atoms with van der Waals surface area (Å²) in [6, 6.07) is 26.2. The lowest BCUT2D eigenvalue weighted by Crippen LogP contribution is -2.18. The lowest BCUT2D eigenvalue weighted by Gasteiger charge is -2.23. The Balaban J connectivity index is 0.000000147. The molecule has 0 bridgehead atoms. The summed E-state index contributed by atoms with van der Waals surface area (Å²) in [6.07, 6.45) is 42.9. The lowest BCUT2D eigenvalue weighted by molar-refractivity contribution is -0.0152. The molecule has 8 aliphatic rings. The van der Waals surface area contributed by atoms with Crippen LogP contribution in [0.4, 0.5) is 0 Å². The molecule has 79 heavy (non-hydrogen) atoms. The SMILES string of the molecule is CC(C)(C)OCc1ccc(Br)cc1.CC(C)C1=CC2C(Br)=CC=CC2C1.CC1=CC2C(Br)=CC=CC2C1.CC1=CC2C(c3ccc(COC(C)(C)C)cc3)=CC=CC2C1.CCc1ccc(C2=CC=CC3CC(C(C)C)=CC23)cc1. The fourth-order valence-electron chi connectivity index (χ4n) is 11.6. The first-order valence-electron chi connectivity index (χ1n) is 29.3. The summed E-state index contributed by atoms with van der Waals surface area (Å²) in [4.78, 5) is 0. The van der Waals surface area contributed by atoms with Gasteiger partial charge in [-0.1, -0.05) is 263 Å². The van der Waals surface area contributed by atoms with Crippen molar-refractivity contribution in [2.75, 3.05) is 0 Å². The van der Waals surface area contributed by atoms with Crippen LogP contribution in [0.2, 0.25) is 0 Å². The second kappa shape index (κ2) is 28.7. The van der Waals surface area contributed by atoms with Gasteiger partial charge in [0.1, 0.15) is 0 Å². The topological polar surface area (TPSA) is 18.5 Å². The van der Waals surface area contributed by atoms with Crippen molar-refractivity contribution in [3.05, 3.63) is 234 Å². The van der Waals surface area contributed by atoms with Crippen LogP contribution >= 0.6 is 47.8 Å². The first-order chi connectivity index (χ1) is 37.5. The van der Waals surface area contributed by atoms with E-state index in [1.54, 1.807) is 11.1 Å². The number of hydrogen-bond acceptors (Lipinski definition) is 2. The Bertz CT molecular complexity index is 2910. The molecular formula is C74H91Br3O2. The molecule has 0 aliphatic heterocycles. The summed E-state index contributed by atoms with van der Waals surface area (Å²) in [5.41, 5.74) is 15.7. The summed E-state index contributed by atoms with van der Waals surface area (Å²) in [5.74, 6) is 6.58. The zero-order valence-electron chi connectivity index (χ0n) is 49.8. The van der Waals surface area contributed by atoms with Crippen molar-refractivity contribution in [1.29, 1.82) is 0 Å². The molecule has 8 aliphatic carbocycles. The van der Waals surface area contributed by atoms with E-state index >= 15 is 0 Å². The van der Waals surface area contributed by atoms with Gasteiger partial charge >= 0.3 is 0 Å². The van der Waals surface area contributed by atoms with Crippen molar-refractivity contribution < 1.29 is 9.47 Å². The van der Waals surface area contributed by atoms with Crippen LogP contribution in [0.25, 0.3) is 11.1 Å². The molecule has 5 heteroatoms. The first kappa shape index (κ1) is 62.5. The molecule has 0 fully saturated rings. The van der Waals surface area contributed by atoms with Crippen molar-refractivity contribution in [2.45, 2.75) is 147 Å². The second-order valence-corrected chi connectivity index (χ2v) is 28.2. The standard InChI is InChI=1S/C21H26O.C20H24.C12H15Br.C11H15BrO.C10H11Br/c1-15-12-18-6-5-7-19(20(18)13-15)17-10-8-16(9-11-17)14-22-21(2,3)4;1-4-15-8-10-16(11-9-15)19-7-5-6-17-12-18(14(2)3)13-20(17)19;1-8(2)10-6-9-4-3-5-12(13)11(9)7-10;1-11(2,3)13-8-9-4-6-10(12)7-5-9;1-7-5-8-3-2-4-10(11)9(8)6-7/h5-11,13,18,20H,12,14H2,1-4H3;5-11,13-14,17,20H,4,12H2,1-3H3;3-5,7-9,11H,6H2,1-2H3;4-7H,8H2,1-3H3;2-4,6,8-9H,5H2,1H3. The third-order valence-corrected chi connectivity index (χ3v) is 18.3. The largest absolute Gasteiger partial charge is 0.371 e. The monoisotopic (exact) mass is 1250 g/mol. The quantitative estimate of drug-likeness (QED) is 0.199. The van der Waals surface area contributed by atoms with E-state index in [9.17, 15) is 0 Å². The highest BCUT2D eigenvalue weighted by molar-refractivity contribution is 9.12. The molecular weight excluding hydrogens is 1160 g/mol. The maximum atomic E-state index is 5.85. The van der Waals surface area contributed by atoms with Crippen LogP contribution in [0, 0.1) is 59.2 Å². The van der Waals surface area contributed by atoms with Gasteiger partial charge in [-0.15, -0.1) is 0 Å². The van der Waals surface area contributed by atoms with Crippen LogP contribution in [0.15, 0.2) is 206 Å². The normalized spacial score (nSPS) is 24.9. The highest BCUT2D eigenvalue weighted by Crippen LogP contribution is 2.46. The van der Waals surface area contributed by atoms with E-state index in [1.807, 2.05) is 12.1 Å². The van der Waals surface area contributed by atoms with Crippen molar-refractivity contribution in [3.8, 4) is 0 Å². The highest BCUT2D eigenvalue weighted by Gasteiger charge is 2.33. The minimum Gasteiger partial charge on any atom is -0.371 e. The van der Waals surface area contributed by atoms with E-state index in [2.05, 4.69) is 296 Å². The van der Waals surface area contributed by atoms with Crippen LogP contribution in [-0.2, 0) is 29.1 Å². The molecule has 2 nitrogen and oxygen atoms in total. The molecule has 0 radical (unpaired) electrons. The van der Waals surface area contributed by atoms with Gasteiger partial charge in [-0.05, 0) is 174 Å². The van der Waals surface area contributed by atoms with Crippen molar-refractivity contribution in [1.82, 2.24) is 0 Å². The maximum absolute atomic E-state index is 5.85. The number of benzene rings is 3. The molecule has 0 spiro atoms. The Morgan fingerprint density at radius 3 is 1.19 bits per heavy atom. The van der Waals surface area contributed by atoms with E-state index in [0.717, 1.165) is 22.7 Å². The van der Waals surface area contributed by atoms with Crippen LogP contribution in [0.3, 0.4) is 0 Å². The van der Waals surface area contributed by atoms with Gasteiger partial charge in [-0.3, -0.25) is 0 Å². The highest BCUT2D eigenvalue weighted by atomic mass is 79.9. The number of allylic oxidation sites excluding steroid dienone is 24. The zero-order chi connectivity index (χ0) is 57.0. The van der Waals surface area contributed by atoms with Gasteiger partial charge in [0.15, 0.2) is 0 Å². The van der Waals surface area contributed by atoms with E-state index in [1.165, 1.54) is 84.8 Å². The van der Waals surface area contributed by atoms with Crippen LogP contribution in [-0.4, -0.2) is 11.2 Å². The van der Waals surface area contributed by atoms with E-state index in [0.29, 0.717) is 60.6 Å². The zero-order valence-corrected chi connectivity index (χ0v) is 54.6. The van der Waals surface area contributed by atoms with E-state index < -0.39 is 0 Å². The average Bonchev–Trinajstić information content (AvgIpc) is 4.24. The second-order valence-electron chi connectivity index (χ2n) is 25.5. The van der Waals surface area contributed by atoms with Crippen molar-refractivity contribution in [3.63, 3.8) is 0 Å². The molecule has 3 aromatic rings. The number of halogens is 3. The van der Waals surface area contributed by atoms with Gasteiger partial charge in [0.25, 0.3) is 0 Å². The lowest BCUT2D eigenvalue weighted by atomic mass is 9.81. The minimum atomic E-state index is -0.0885. The Labute approximate surface area is 504 Å². The first-order valence-corrected chi connectivity index (χ1v) is 31.7. The van der Waals surface area contributed by atoms with Crippen LogP contribution < -0.4 is 0 Å². The van der Waals surface area contributed by atoms with E-state index in [-0.39, 0.29) is 11.2 Å². The molecule has 0 saturated carbocycles. The minimum absolute atomic E-state index is 0.0624. The van der Waals surface area contributed by atoms with Crippen LogP contribution in [0.5, 0.6) is 0 Å². The van der Waals surface area contributed by atoms with Crippen molar-refractivity contribution >= 4 is 58.9 Å². The number of ether oxygens (including phenoxy) is 2. The maximum Gasteiger partial charge on any atom is 0.0724 e. The van der Waals surface area contributed by atoms with Gasteiger partial charge in [0.05, 0.1) is 24.4 Å². The molecule has 0 amide bonds.